The van der Waals surface area contributed by atoms with Gasteiger partial charge in [0.25, 0.3) is 5.91 Å². The molecule has 0 spiro atoms. The van der Waals surface area contributed by atoms with Gasteiger partial charge in [-0.15, -0.1) is 0 Å². The molecular formula is C13H16ClN3O. The van der Waals surface area contributed by atoms with Crippen molar-refractivity contribution in [1.82, 2.24) is 9.88 Å². The summed E-state index contributed by atoms with van der Waals surface area (Å²) in [4.78, 5) is 18.4. The van der Waals surface area contributed by atoms with Gasteiger partial charge in [0, 0.05) is 18.8 Å². The molecule has 2 fully saturated rings. The third-order valence-corrected chi connectivity index (χ3v) is 3.82. The summed E-state index contributed by atoms with van der Waals surface area (Å²) < 4.78 is 0. The minimum atomic E-state index is 0.0406. The van der Waals surface area contributed by atoms with Crippen molar-refractivity contribution >= 4 is 23.3 Å². The molecule has 96 valence electrons. The minimum Gasteiger partial charge on any atom is -0.382 e. The van der Waals surface area contributed by atoms with E-state index in [0.29, 0.717) is 22.5 Å². The molecule has 2 N–H and O–H groups in total. The smallest absolute Gasteiger partial charge is 0.255 e. The molecule has 1 aromatic rings. The first kappa shape index (κ1) is 11.8. The quantitative estimate of drug-likeness (QED) is 0.909. The number of nitrogens with zero attached hydrogens (tertiary/aromatic N) is 2. The van der Waals surface area contributed by atoms with E-state index in [4.69, 9.17) is 17.3 Å². The van der Waals surface area contributed by atoms with E-state index in [1.165, 1.54) is 19.0 Å². The van der Waals surface area contributed by atoms with Crippen molar-refractivity contribution in [2.24, 2.45) is 5.92 Å². The predicted molar refractivity (Wildman–Crippen MR) is 70.4 cm³/mol. The first-order valence-electron chi connectivity index (χ1n) is 6.37. The number of carbonyl (C=O) groups excluding carboxylic acids is 1. The molecular weight excluding hydrogens is 250 g/mol. The maximum atomic E-state index is 12.4. The van der Waals surface area contributed by atoms with Gasteiger partial charge in [-0.3, -0.25) is 4.79 Å². The highest BCUT2D eigenvalue weighted by molar-refractivity contribution is 6.33. The van der Waals surface area contributed by atoms with Crippen LogP contribution in [0.5, 0.6) is 0 Å². The molecule has 1 aromatic heterocycles. The Hall–Kier alpha value is -1.29. The maximum Gasteiger partial charge on any atom is 0.255 e. The van der Waals surface area contributed by atoms with E-state index in [1.807, 2.05) is 4.90 Å². The predicted octanol–water partition coefficient (Wildman–Crippen LogP) is 2.33. The standard InChI is InChI=1S/C13H16ClN3O/c14-11-5-9(6-16-12(11)15)13(18)17(10-3-4-10)7-8-1-2-8/h5-6,8,10H,1-4,7H2,(H2,15,16). The number of amides is 1. The van der Waals surface area contributed by atoms with Gasteiger partial charge < -0.3 is 10.6 Å². The van der Waals surface area contributed by atoms with Gasteiger partial charge in [-0.1, -0.05) is 11.6 Å². The zero-order valence-electron chi connectivity index (χ0n) is 10.1. The van der Waals surface area contributed by atoms with Crippen LogP contribution >= 0.6 is 11.6 Å². The molecule has 0 unspecified atom stereocenters. The SMILES string of the molecule is Nc1ncc(C(=O)N(CC2CC2)C2CC2)cc1Cl. The van der Waals surface area contributed by atoms with E-state index in [1.54, 1.807) is 6.07 Å². The lowest BCUT2D eigenvalue weighted by atomic mass is 10.2. The molecule has 4 nitrogen and oxygen atoms in total. The van der Waals surface area contributed by atoms with E-state index >= 15 is 0 Å². The number of nitrogens with two attached hydrogens (primary N) is 1. The molecule has 1 heterocycles. The number of hydrogen-bond donors (Lipinski definition) is 1. The Morgan fingerprint density at radius 2 is 2.17 bits per heavy atom. The van der Waals surface area contributed by atoms with E-state index in [0.717, 1.165) is 19.4 Å². The number of anilines is 1. The first-order chi connectivity index (χ1) is 8.65. The highest BCUT2D eigenvalue weighted by Crippen LogP contribution is 2.35. The second-order valence-corrected chi connectivity index (χ2v) is 5.63. The fourth-order valence-corrected chi connectivity index (χ4v) is 2.26. The molecule has 0 atom stereocenters. The second-order valence-electron chi connectivity index (χ2n) is 5.22. The van der Waals surface area contributed by atoms with Crippen LogP contribution in [-0.4, -0.2) is 28.4 Å². The average molecular weight is 266 g/mol. The van der Waals surface area contributed by atoms with E-state index in [9.17, 15) is 4.79 Å². The van der Waals surface area contributed by atoms with Crippen molar-refractivity contribution in [3.8, 4) is 0 Å². The number of rotatable bonds is 4. The summed E-state index contributed by atoms with van der Waals surface area (Å²) in [6, 6.07) is 2.04. The molecule has 2 aliphatic carbocycles. The van der Waals surface area contributed by atoms with Crippen molar-refractivity contribution in [3.63, 3.8) is 0 Å². The van der Waals surface area contributed by atoms with Crippen molar-refractivity contribution in [3.05, 3.63) is 22.8 Å². The fraction of sp³-hybridized carbons (Fsp3) is 0.538. The van der Waals surface area contributed by atoms with Crippen LogP contribution in [0.4, 0.5) is 5.82 Å². The van der Waals surface area contributed by atoms with Crippen LogP contribution in [0.15, 0.2) is 12.3 Å². The molecule has 0 radical (unpaired) electrons. The Kier molecular flexibility index (Phi) is 2.90. The summed E-state index contributed by atoms with van der Waals surface area (Å²) >= 11 is 5.92. The monoisotopic (exact) mass is 265 g/mol. The molecule has 1 amide bonds. The lowest BCUT2D eigenvalue weighted by Crippen LogP contribution is -2.35. The van der Waals surface area contributed by atoms with Crippen LogP contribution in [0.1, 0.15) is 36.0 Å². The summed E-state index contributed by atoms with van der Waals surface area (Å²) in [5.74, 6) is 1.01. The highest BCUT2D eigenvalue weighted by Gasteiger charge is 2.36. The van der Waals surface area contributed by atoms with E-state index < -0.39 is 0 Å². The van der Waals surface area contributed by atoms with Gasteiger partial charge in [0.05, 0.1) is 10.6 Å². The molecule has 2 saturated carbocycles. The van der Waals surface area contributed by atoms with Gasteiger partial charge in [-0.25, -0.2) is 4.98 Å². The third-order valence-electron chi connectivity index (χ3n) is 3.52. The number of hydrogen-bond acceptors (Lipinski definition) is 3. The fourth-order valence-electron chi connectivity index (χ4n) is 2.09. The van der Waals surface area contributed by atoms with Crippen molar-refractivity contribution in [2.75, 3.05) is 12.3 Å². The molecule has 0 bridgehead atoms. The molecule has 3 rings (SSSR count). The average Bonchev–Trinajstić information content (AvgIpc) is 3.22. The van der Waals surface area contributed by atoms with Crippen LogP contribution in [0.25, 0.3) is 0 Å². The largest absolute Gasteiger partial charge is 0.382 e. The second kappa shape index (κ2) is 4.43. The number of halogens is 1. The van der Waals surface area contributed by atoms with Gasteiger partial charge in [0.15, 0.2) is 0 Å². The maximum absolute atomic E-state index is 12.4. The van der Waals surface area contributed by atoms with Crippen LogP contribution in [0.3, 0.4) is 0 Å². The summed E-state index contributed by atoms with van der Waals surface area (Å²) in [6.45, 7) is 0.880. The van der Waals surface area contributed by atoms with Gasteiger partial charge >= 0.3 is 0 Å². The Labute approximate surface area is 111 Å². The lowest BCUT2D eigenvalue weighted by molar-refractivity contribution is 0.0734. The number of pyridine rings is 1. The summed E-state index contributed by atoms with van der Waals surface area (Å²) in [5.41, 5.74) is 6.10. The van der Waals surface area contributed by atoms with Crippen LogP contribution < -0.4 is 5.73 Å². The Bertz CT molecular complexity index is 483. The normalized spacial score (nSPS) is 18.7. The van der Waals surface area contributed by atoms with Gasteiger partial charge in [0.2, 0.25) is 0 Å². The van der Waals surface area contributed by atoms with Crippen LogP contribution in [0.2, 0.25) is 5.02 Å². The lowest BCUT2D eigenvalue weighted by Gasteiger charge is -2.22. The molecule has 5 heteroatoms. The first-order valence-corrected chi connectivity index (χ1v) is 6.75. The van der Waals surface area contributed by atoms with Crippen molar-refractivity contribution in [1.29, 1.82) is 0 Å². The van der Waals surface area contributed by atoms with Crippen molar-refractivity contribution < 1.29 is 4.79 Å². The third kappa shape index (κ3) is 2.43. The van der Waals surface area contributed by atoms with E-state index in [2.05, 4.69) is 4.98 Å². The molecule has 0 saturated heterocycles. The number of nitrogen functional groups attached to an aromatic ring is 1. The van der Waals surface area contributed by atoms with Gasteiger partial charge in [-0.05, 0) is 37.7 Å². The Morgan fingerprint density at radius 1 is 1.44 bits per heavy atom. The molecule has 2 aliphatic rings. The highest BCUT2D eigenvalue weighted by atomic mass is 35.5. The number of carbonyl (C=O) groups is 1. The van der Waals surface area contributed by atoms with Crippen LogP contribution in [0, 0.1) is 5.92 Å². The van der Waals surface area contributed by atoms with Gasteiger partial charge in [-0.2, -0.15) is 0 Å². The van der Waals surface area contributed by atoms with E-state index in [-0.39, 0.29) is 11.7 Å². The Morgan fingerprint density at radius 3 is 2.72 bits per heavy atom. The molecule has 18 heavy (non-hydrogen) atoms. The molecule has 0 aliphatic heterocycles. The van der Waals surface area contributed by atoms with Gasteiger partial charge in [0.1, 0.15) is 5.82 Å². The minimum absolute atomic E-state index is 0.0406. The zero-order chi connectivity index (χ0) is 12.7. The topological polar surface area (TPSA) is 59.2 Å². The number of aromatic nitrogens is 1. The summed E-state index contributed by atoms with van der Waals surface area (Å²) in [5, 5.41) is 0.350. The van der Waals surface area contributed by atoms with Crippen molar-refractivity contribution in [2.45, 2.75) is 31.7 Å². The molecule has 0 aromatic carbocycles. The van der Waals surface area contributed by atoms with Crippen LogP contribution in [-0.2, 0) is 0 Å². The summed E-state index contributed by atoms with van der Waals surface area (Å²) in [7, 11) is 0. The Balaban J connectivity index is 1.79. The summed E-state index contributed by atoms with van der Waals surface area (Å²) in [6.07, 6.45) is 6.25. The zero-order valence-corrected chi connectivity index (χ0v) is 10.9.